The van der Waals surface area contributed by atoms with Gasteiger partial charge in [-0.05, 0) is 24.6 Å². The van der Waals surface area contributed by atoms with E-state index in [-0.39, 0.29) is 9.79 Å². The first-order chi connectivity index (χ1) is 8.19. The molecular weight excluding hydrogens is 274 g/mol. The fourth-order valence-corrected chi connectivity index (χ4v) is 3.53. The highest BCUT2D eigenvalue weighted by atomic mass is 32.2. The Kier molecular flexibility index (Phi) is 4.52. The maximum atomic E-state index is 12.1. The number of sulfonamides is 1. The van der Waals surface area contributed by atoms with E-state index in [1.165, 1.54) is 35.6 Å². The highest BCUT2D eigenvalue weighted by Gasteiger charge is 2.21. The van der Waals surface area contributed by atoms with Gasteiger partial charge in [-0.3, -0.25) is 0 Å². The Morgan fingerprint density at radius 2 is 1.67 bits per heavy atom. The van der Waals surface area contributed by atoms with Gasteiger partial charge in [0.05, 0.1) is 9.79 Å². The topological polar surface area (TPSA) is 71.5 Å². The zero-order valence-corrected chi connectivity index (χ0v) is 12.3. The molecule has 0 aliphatic heterocycles. The molecule has 7 heteroatoms. The molecule has 0 unspecified atom stereocenters. The van der Waals surface area contributed by atoms with Crippen LogP contribution >= 0.6 is 0 Å². The Bertz CT molecular complexity index is 620. The van der Waals surface area contributed by atoms with Gasteiger partial charge in [0.1, 0.15) is 0 Å². The van der Waals surface area contributed by atoms with Crippen molar-refractivity contribution in [2.75, 3.05) is 19.8 Å². The molecule has 0 saturated heterocycles. The molecule has 18 heavy (non-hydrogen) atoms. The standard InChI is InChI=1S/C11H17NO4S2/c1-4-8-12(2)18(15,16)11-7-5-6-10(9-11)17(3,13)14/h5-7,9H,4,8H2,1-3H3. The van der Waals surface area contributed by atoms with Gasteiger partial charge in [0, 0.05) is 19.8 Å². The van der Waals surface area contributed by atoms with E-state index in [0.29, 0.717) is 13.0 Å². The minimum atomic E-state index is -3.62. The van der Waals surface area contributed by atoms with Gasteiger partial charge in [0.15, 0.2) is 9.84 Å². The van der Waals surface area contributed by atoms with Crippen LogP contribution in [0.3, 0.4) is 0 Å². The molecule has 0 saturated carbocycles. The molecule has 0 bridgehead atoms. The predicted molar refractivity (Wildman–Crippen MR) is 69.7 cm³/mol. The minimum Gasteiger partial charge on any atom is -0.224 e. The number of hydrogen-bond donors (Lipinski definition) is 0. The summed E-state index contributed by atoms with van der Waals surface area (Å²) in [7, 11) is -5.54. The fraction of sp³-hybridized carbons (Fsp3) is 0.455. The first-order valence-electron chi connectivity index (χ1n) is 5.46. The SMILES string of the molecule is CCCN(C)S(=O)(=O)c1cccc(S(C)(=O)=O)c1. The molecule has 0 aliphatic carbocycles. The third-order valence-electron chi connectivity index (χ3n) is 2.48. The Hall–Kier alpha value is -0.920. The van der Waals surface area contributed by atoms with E-state index in [2.05, 4.69) is 0 Å². The summed E-state index contributed by atoms with van der Waals surface area (Å²) < 4.78 is 48.3. The number of hydrogen-bond acceptors (Lipinski definition) is 4. The molecule has 5 nitrogen and oxygen atoms in total. The normalized spacial score (nSPS) is 12.9. The van der Waals surface area contributed by atoms with Crippen molar-refractivity contribution in [2.45, 2.75) is 23.1 Å². The van der Waals surface area contributed by atoms with Gasteiger partial charge in [0.2, 0.25) is 10.0 Å². The number of rotatable bonds is 5. The maximum absolute atomic E-state index is 12.1. The fourth-order valence-electron chi connectivity index (χ4n) is 1.48. The number of nitrogens with zero attached hydrogens (tertiary/aromatic N) is 1. The van der Waals surface area contributed by atoms with Crippen molar-refractivity contribution in [2.24, 2.45) is 0 Å². The predicted octanol–water partition coefficient (Wildman–Crippen LogP) is 1.12. The van der Waals surface area contributed by atoms with E-state index in [0.717, 1.165) is 6.26 Å². The van der Waals surface area contributed by atoms with Crippen molar-refractivity contribution in [3.05, 3.63) is 24.3 Å². The summed E-state index contributed by atoms with van der Waals surface area (Å²) >= 11 is 0. The van der Waals surface area contributed by atoms with Gasteiger partial charge in [-0.25, -0.2) is 21.1 Å². The molecule has 1 rings (SSSR count). The number of sulfone groups is 1. The van der Waals surface area contributed by atoms with Crippen LogP contribution in [0.4, 0.5) is 0 Å². The summed E-state index contributed by atoms with van der Waals surface area (Å²) in [4.78, 5) is 0.00912. The Balaban J connectivity index is 3.27. The summed E-state index contributed by atoms with van der Waals surface area (Å²) in [6.07, 6.45) is 1.75. The zero-order valence-electron chi connectivity index (χ0n) is 10.6. The van der Waals surface area contributed by atoms with Crippen LogP contribution in [-0.2, 0) is 19.9 Å². The highest BCUT2D eigenvalue weighted by molar-refractivity contribution is 7.91. The molecule has 0 aliphatic rings. The van der Waals surface area contributed by atoms with E-state index in [4.69, 9.17) is 0 Å². The molecule has 0 heterocycles. The molecule has 1 aromatic rings. The van der Waals surface area contributed by atoms with Crippen LogP contribution in [0, 0.1) is 0 Å². The van der Waals surface area contributed by atoms with E-state index < -0.39 is 19.9 Å². The van der Waals surface area contributed by atoms with Gasteiger partial charge in [0.25, 0.3) is 0 Å². The van der Waals surface area contributed by atoms with Crippen LogP contribution < -0.4 is 0 Å². The second-order valence-electron chi connectivity index (χ2n) is 4.07. The first kappa shape index (κ1) is 15.1. The van der Waals surface area contributed by atoms with Crippen LogP contribution in [0.25, 0.3) is 0 Å². The lowest BCUT2D eigenvalue weighted by molar-refractivity contribution is 0.468. The second-order valence-corrected chi connectivity index (χ2v) is 8.13. The highest BCUT2D eigenvalue weighted by Crippen LogP contribution is 2.18. The van der Waals surface area contributed by atoms with E-state index in [1.807, 2.05) is 6.92 Å². The molecule has 0 spiro atoms. The third-order valence-corrected chi connectivity index (χ3v) is 5.44. The molecule has 0 N–H and O–H groups in total. The van der Waals surface area contributed by atoms with Crippen molar-refractivity contribution in [3.63, 3.8) is 0 Å². The minimum absolute atomic E-state index is 0.00127. The van der Waals surface area contributed by atoms with Crippen LogP contribution in [0.15, 0.2) is 34.1 Å². The Morgan fingerprint density at radius 1 is 1.11 bits per heavy atom. The molecule has 0 fully saturated rings. The van der Waals surface area contributed by atoms with Gasteiger partial charge in [-0.2, -0.15) is 0 Å². The summed E-state index contributed by atoms with van der Waals surface area (Å²) in [5.41, 5.74) is 0. The van der Waals surface area contributed by atoms with E-state index in [9.17, 15) is 16.8 Å². The zero-order chi connectivity index (χ0) is 14.0. The van der Waals surface area contributed by atoms with Crippen molar-refractivity contribution < 1.29 is 16.8 Å². The lowest BCUT2D eigenvalue weighted by Gasteiger charge is -2.16. The monoisotopic (exact) mass is 291 g/mol. The van der Waals surface area contributed by atoms with Crippen LogP contribution in [0.5, 0.6) is 0 Å². The van der Waals surface area contributed by atoms with Gasteiger partial charge < -0.3 is 0 Å². The Morgan fingerprint density at radius 3 is 2.17 bits per heavy atom. The first-order valence-corrected chi connectivity index (χ1v) is 8.79. The summed E-state index contributed by atoms with van der Waals surface area (Å²) in [6, 6.07) is 5.41. The molecule has 0 atom stereocenters. The maximum Gasteiger partial charge on any atom is 0.242 e. The average molecular weight is 291 g/mol. The van der Waals surface area contributed by atoms with Crippen molar-refractivity contribution in [3.8, 4) is 0 Å². The van der Waals surface area contributed by atoms with Gasteiger partial charge in [-0.1, -0.05) is 13.0 Å². The Labute approximate surface area is 108 Å². The largest absolute Gasteiger partial charge is 0.242 e. The summed E-state index contributed by atoms with van der Waals surface area (Å²) in [6.45, 7) is 2.27. The van der Waals surface area contributed by atoms with Gasteiger partial charge >= 0.3 is 0 Å². The van der Waals surface area contributed by atoms with Crippen LogP contribution in [-0.4, -0.2) is 41.0 Å². The lowest BCUT2D eigenvalue weighted by atomic mass is 10.4. The molecule has 1 aromatic carbocycles. The smallest absolute Gasteiger partial charge is 0.224 e. The molecule has 0 radical (unpaired) electrons. The second kappa shape index (κ2) is 5.38. The summed E-state index contributed by atoms with van der Waals surface area (Å²) in [5.74, 6) is 0. The molecule has 102 valence electrons. The third kappa shape index (κ3) is 3.30. The van der Waals surface area contributed by atoms with Gasteiger partial charge in [-0.15, -0.1) is 0 Å². The van der Waals surface area contributed by atoms with Crippen molar-refractivity contribution in [1.82, 2.24) is 4.31 Å². The number of benzene rings is 1. The van der Waals surface area contributed by atoms with E-state index in [1.54, 1.807) is 0 Å². The van der Waals surface area contributed by atoms with Crippen molar-refractivity contribution in [1.29, 1.82) is 0 Å². The quantitative estimate of drug-likeness (QED) is 0.815. The molecule has 0 amide bonds. The van der Waals surface area contributed by atoms with E-state index >= 15 is 0 Å². The molecule has 0 aromatic heterocycles. The van der Waals surface area contributed by atoms with Crippen LogP contribution in [0.2, 0.25) is 0 Å². The lowest BCUT2D eigenvalue weighted by Crippen LogP contribution is -2.27. The molecular formula is C11H17NO4S2. The summed E-state index contributed by atoms with van der Waals surface area (Å²) in [5, 5.41) is 0. The van der Waals surface area contributed by atoms with Crippen molar-refractivity contribution >= 4 is 19.9 Å². The average Bonchev–Trinajstić information content (AvgIpc) is 2.28. The van der Waals surface area contributed by atoms with Crippen LogP contribution in [0.1, 0.15) is 13.3 Å².